The maximum atomic E-state index is 13.8. The van der Waals surface area contributed by atoms with Gasteiger partial charge in [0, 0.05) is 40.5 Å². The molecule has 0 unspecified atom stereocenters. The highest BCUT2D eigenvalue weighted by molar-refractivity contribution is 6.36. The molecule has 178 valence electrons. The van der Waals surface area contributed by atoms with E-state index in [0.29, 0.717) is 15.6 Å². The van der Waals surface area contributed by atoms with Crippen LogP contribution in [-0.2, 0) is 16.1 Å². The van der Waals surface area contributed by atoms with Crippen molar-refractivity contribution in [1.29, 1.82) is 0 Å². The SMILES string of the molecule is CC(C)NC(=O)[C@@H](C)N(Cc1c(Cl)cccc1Cl)C(=O)CC(c1ccccc1)c1ccccc1. The van der Waals surface area contributed by atoms with Gasteiger partial charge in [-0.2, -0.15) is 0 Å². The van der Waals surface area contributed by atoms with Crippen LogP contribution in [0.3, 0.4) is 0 Å². The van der Waals surface area contributed by atoms with Crippen LogP contribution >= 0.6 is 23.2 Å². The van der Waals surface area contributed by atoms with Crippen LogP contribution in [0.15, 0.2) is 78.9 Å². The number of benzene rings is 3. The Kier molecular flexibility index (Phi) is 9.14. The molecule has 0 bridgehead atoms. The van der Waals surface area contributed by atoms with Crippen molar-refractivity contribution in [2.75, 3.05) is 0 Å². The fourth-order valence-corrected chi connectivity index (χ4v) is 4.45. The molecule has 0 heterocycles. The predicted octanol–water partition coefficient (Wildman–Crippen LogP) is 6.46. The van der Waals surface area contributed by atoms with Crippen molar-refractivity contribution >= 4 is 35.0 Å². The molecule has 2 amide bonds. The molecule has 0 saturated carbocycles. The number of amides is 2. The third-order valence-corrected chi connectivity index (χ3v) is 6.48. The molecule has 0 saturated heterocycles. The van der Waals surface area contributed by atoms with E-state index in [1.165, 1.54) is 0 Å². The highest BCUT2D eigenvalue weighted by atomic mass is 35.5. The molecule has 3 rings (SSSR count). The molecule has 0 radical (unpaired) electrons. The van der Waals surface area contributed by atoms with E-state index in [9.17, 15) is 9.59 Å². The van der Waals surface area contributed by atoms with Crippen LogP contribution in [0.2, 0.25) is 10.0 Å². The first kappa shape index (κ1) is 25.8. The molecule has 0 spiro atoms. The summed E-state index contributed by atoms with van der Waals surface area (Å²) < 4.78 is 0. The number of nitrogens with zero attached hydrogens (tertiary/aromatic N) is 1. The van der Waals surface area contributed by atoms with Gasteiger partial charge in [0.1, 0.15) is 6.04 Å². The van der Waals surface area contributed by atoms with Crippen LogP contribution in [-0.4, -0.2) is 28.8 Å². The molecule has 3 aromatic carbocycles. The van der Waals surface area contributed by atoms with Gasteiger partial charge >= 0.3 is 0 Å². The third-order valence-electron chi connectivity index (χ3n) is 5.77. The van der Waals surface area contributed by atoms with Gasteiger partial charge < -0.3 is 10.2 Å². The molecule has 0 aliphatic heterocycles. The highest BCUT2D eigenvalue weighted by Crippen LogP contribution is 2.31. The maximum absolute atomic E-state index is 13.8. The van der Waals surface area contributed by atoms with Gasteiger partial charge in [0.25, 0.3) is 0 Å². The Hall–Kier alpha value is -2.82. The van der Waals surface area contributed by atoms with Crippen molar-refractivity contribution in [3.63, 3.8) is 0 Å². The monoisotopic (exact) mass is 496 g/mol. The Labute approximate surface area is 211 Å². The van der Waals surface area contributed by atoms with Gasteiger partial charge in [-0.15, -0.1) is 0 Å². The molecular formula is C28H30Cl2N2O2. The fraction of sp³-hybridized carbons (Fsp3) is 0.286. The number of nitrogens with one attached hydrogen (secondary N) is 1. The van der Waals surface area contributed by atoms with Gasteiger partial charge in [-0.1, -0.05) is 89.9 Å². The lowest BCUT2D eigenvalue weighted by molar-refractivity contribution is -0.141. The summed E-state index contributed by atoms with van der Waals surface area (Å²) in [5.74, 6) is -0.526. The van der Waals surface area contributed by atoms with E-state index in [-0.39, 0.29) is 36.7 Å². The second-order valence-corrected chi connectivity index (χ2v) is 9.45. The van der Waals surface area contributed by atoms with Crippen LogP contribution in [0, 0.1) is 0 Å². The molecule has 4 nitrogen and oxygen atoms in total. The lowest BCUT2D eigenvalue weighted by atomic mass is 9.88. The van der Waals surface area contributed by atoms with E-state index in [2.05, 4.69) is 5.32 Å². The number of carbonyl (C=O) groups excluding carboxylic acids is 2. The smallest absolute Gasteiger partial charge is 0.242 e. The lowest BCUT2D eigenvalue weighted by Gasteiger charge is -2.31. The van der Waals surface area contributed by atoms with Gasteiger partial charge in [0.2, 0.25) is 11.8 Å². The lowest BCUT2D eigenvalue weighted by Crippen LogP contribution is -2.49. The van der Waals surface area contributed by atoms with Gasteiger partial charge in [0.05, 0.1) is 0 Å². The summed E-state index contributed by atoms with van der Waals surface area (Å²) >= 11 is 12.8. The molecule has 1 atom stereocenters. The van der Waals surface area contributed by atoms with E-state index in [1.54, 1.807) is 30.0 Å². The molecule has 0 aliphatic carbocycles. The summed E-state index contributed by atoms with van der Waals surface area (Å²) in [4.78, 5) is 28.3. The Morgan fingerprint density at radius 1 is 0.794 bits per heavy atom. The Morgan fingerprint density at radius 3 is 1.76 bits per heavy atom. The summed E-state index contributed by atoms with van der Waals surface area (Å²) in [6.07, 6.45) is 0.204. The van der Waals surface area contributed by atoms with E-state index in [1.807, 2.05) is 74.5 Å². The van der Waals surface area contributed by atoms with Crippen LogP contribution in [0.5, 0.6) is 0 Å². The third kappa shape index (κ3) is 6.62. The van der Waals surface area contributed by atoms with E-state index in [0.717, 1.165) is 11.1 Å². The summed E-state index contributed by atoms with van der Waals surface area (Å²) in [6, 6.07) is 24.4. The number of hydrogen-bond donors (Lipinski definition) is 1. The number of halogens is 2. The minimum absolute atomic E-state index is 0.0443. The quantitative estimate of drug-likeness (QED) is 0.369. The molecule has 1 N–H and O–H groups in total. The van der Waals surface area contributed by atoms with Crippen LogP contribution in [0.25, 0.3) is 0 Å². The van der Waals surface area contributed by atoms with Gasteiger partial charge in [0.15, 0.2) is 0 Å². The second kappa shape index (κ2) is 12.0. The zero-order chi connectivity index (χ0) is 24.7. The molecular weight excluding hydrogens is 467 g/mol. The topological polar surface area (TPSA) is 49.4 Å². The number of rotatable bonds is 9. The minimum atomic E-state index is -0.700. The van der Waals surface area contributed by atoms with Crippen molar-refractivity contribution in [1.82, 2.24) is 10.2 Å². The number of hydrogen-bond acceptors (Lipinski definition) is 2. The second-order valence-electron chi connectivity index (χ2n) is 8.64. The van der Waals surface area contributed by atoms with Crippen molar-refractivity contribution < 1.29 is 9.59 Å². The Morgan fingerprint density at radius 2 is 1.29 bits per heavy atom. The molecule has 0 aromatic heterocycles. The molecule has 3 aromatic rings. The molecule has 0 fully saturated rings. The Balaban J connectivity index is 1.96. The van der Waals surface area contributed by atoms with Crippen LogP contribution in [0.4, 0.5) is 0 Å². The average Bonchev–Trinajstić information content (AvgIpc) is 2.82. The minimum Gasteiger partial charge on any atom is -0.352 e. The Bertz CT molecular complexity index is 1040. The number of carbonyl (C=O) groups is 2. The maximum Gasteiger partial charge on any atom is 0.242 e. The summed E-state index contributed by atoms with van der Waals surface area (Å²) in [6.45, 7) is 5.66. The molecule has 34 heavy (non-hydrogen) atoms. The first-order chi connectivity index (χ1) is 16.3. The average molecular weight is 497 g/mol. The standard InChI is InChI=1S/C28H30Cl2N2O2/c1-19(2)31-28(34)20(3)32(18-24-25(29)15-10-16-26(24)30)27(33)17-23(21-11-6-4-7-12-21)22-13-8-5-9-14-22/h4-16,19-20,23H,17-18H2,1-3H3,(H,31,34)/t20-/m1/s1. The van der Waals surface area contributed by atoms with E-state index < -0.39 is 6.04 Å². The fourth-order valence-electron chi connectivity index (χ4n) is 3.93. The van der Waals surface area contributed by atoms with Crippen molar-refractivity contribution in [2.45, 2.75) is 51.7 Å². The first-order valence-corrected chi connectivity index (χ1v) is 12.2. The molecule has 6 heteroatoms. The summed E-state index contributed by atoms with van der Waals surface area (Å²) in [5.41, 5.74) is 2.70. The van der Waals surface area contributed by atoms with Crippen LogP contribution in [0.1, 0.15) is 49.8 Å². The zero-order valence-electron chi connectivity index (χ0n) is 19.7. The van der Waals surface area contributed by atoms with Gasteiger partial charge in [-0.05, 0) is 44.0 Å². The van der Waals surface area contributed by atoms with Crippen molar-refractivity contribution in [3.8, 4) is 0 Å². The van der Waals surface area contributed by atoms with Gasteiger partial charge in [-0.3, -0.25) is 9.59 Å². The largest absolute Gasteiger partial charge is 0.352 e. The normalized spacial score (nSPS) is 12.0. The summed E-state index contributed by atoms with van der Waals surface area (Å²) in [5, 5.41) is 3.84. The molecule has 0 aliphatic rings. The van der Waals surface area contributed by atoms with E-state index in [4.69, 9.17) is 23.2 Å². The van der Waals surface area contributed by atoms with Crippen molar-refractivity contribution in [2.24, 2.45) is 0 Å². The predicted molar refractivity (Wildman–Crippen MR) is 139 cm³/mol. The van der Waals surface area contributed by atoms with Gasteiger partial charge in [-0.25, -0.2) is 0 Å². The first-order valence-electron chi connectivity index (χ1n) is 11.4. The zero-order valence-corrected chi connectivity index (χ0v) is 21.2. The van der Waals surface area contributed by atoms with Crippen molar-refractivity contribution in [3.05, 3.63) is 106 Å². The summed E-state index contributed by atoms with van der Waals surface area (Å²) in [7, 11) is 0. The van der Waals surface area contributed by atoms with E-state index >= 15 is 0 Å². The highest BCUT2D eigenvalue weighted by Gasteiger charge is 2.30. The van der Waals surface area contributed by atoms with Crippen LogP contribution < -0.4 is 5.32 Å².